The average molecular weight is 242 g/mol. The zero-order valence-electron chi connectivity index (χ0n) is 10.4. The zero-order valence-corrected chi connectivity index (χ0v) is 10.4. The van der Waals surface area contributed by atoms with Gasteiger partial charge in [-0.15, -0.1) is 0 Å². The standard InChI is InChI=1S/C14H16N3O/c1-17(9-11-18-12-10-17)8-7-15-13-16-14-5-3-2-4-6-14/h2-6,9-12H,7-8H2,1H3/q+1. The Hall–Kier alpha value is -2.16. The minimum absolute atomic E-state index is 0.668. The summed E-state index contributed by atoms with van der Waals surface area (Å²) < 4.78 is 5.69. The van der Waals surface area contributed by atoms with Crippen molar-refractivity contribution >= 4 is 11.7 Å². The molecule has 18 heavy (non-hydrogen) atoms. The first-order valence-corrected chi connectivity index (χ1v) is 5.82. The Morgan fingerprint density at radius 2 is 1.89 bits per heavy atom. The smallest absolute Gasteiger partial charge is 0.144 e. The number of benzene rings is 1. The van der Waals surface area contributed by atoms with E-state index in [1.807, 2.05) is 42.7 Å². The van der Waals surface area contributed by atoms with E-state index in [4.69, 9.17) is 4.74 Å². The van der Waals surface area contributed by atoms with Crippen LogP contribution in [0.1, 0.15) is 0 Å². The van der Waals surface area contributed by atoms with Crippen LogP contribution in [0.25, 0.3) is 0 Å². The molecule has 0 atom stereocenters. The van der Waals surface area contributed by atoms with Crippen molar-refractivity contribution in [1.29, 1.82) is 0 Å². The van der Waals surface area contributed by atoms with Crippen LogP contribution >= 0.6 is 0 Å². The van der Waals surface area contributed by atoms with Crippen LogP contribution in [0.2, 0.25) is 0 Å². The van der Waals surface area contributed by atoms with Crippen LogP contribution in [-0.2, 0) is 4.74 Å². The summed E-state index contributed by atoms with van der Waals surface area (Å²) in [7, 11) is 2.08. The summed E-state index contributed by atoms with van der Waals surface area (Å²) in [5, 5.41) is 0. The molecule has 2 rings (SSSR count). The first kappa shape index (κ1) is 12.3. The third-order valence-corrected chi connectivity index (χ3v) is 2.66. The molecule has 1 aromatic rings. The van der Waals surface area contributed by atoms with Gasteiger partial charge in [-0.2, -0.15) is 4.99 Å². The summed E-state index contributed by atoms with van der Waals surface area (Å²) in [5.41, 5.74) is 0.868. The Labute approximate surface area is 107 Å². The molecule has 0 spiro atoms. The third-order valence-electron chi connectivity index (χ3n) is 2.66. The molecule has 0 radical (unpaired) electrons. The lowest BCUT2D eigenvalue weighted by molar-refractivity contribution is -0.807. The van der Waals surface area contributed by atoms with E-state index in [-0.39, 0.29) is 0 Å². The Balaban J connectivity index is 1.85. The van der Waals surface area contributed by atoms with Gasteiger partial charge in [0, 0.05) is 0 Å². The first-order chi connectivity index (χ1) is 8.79. The van der Waals surface area contributed by atoms with Gasteiger partial charge in [0.15, 0.2) is 0 Å². The van der Waals surface area contributed by atoms with Gasteiger partial charge in [0.25, 0.3) is 0 Å². The zero-order chi connectivity index (χ0) is 12.7. The van der Waals surface area contributed by atoms with Crippen LogP contribution in [0.4, 0.5) is 5.69 Å². The minimum atomic E-state index is 0.668. The summed E-state index contributed by atoms with van der Waals surface area (Å²) in [5.74, 6) is 0. The second kappa shape index (κ2) is 5.96. The van der Waals surface area contributed by atoms with Crippen molar-refractivity contribution in [1.82, 2.24) is 0 Å². The summed E-state index contributed by atoms with van der Waals surface area (Å²) in [6.45, 7) is 1.52. The largest absolute Gasteiger partial charge is 0.462 e. The summed E-state index contributed by atoms with van der Waals surface area (Å²) in [6, 6.07) is 12.4. The van der Waals surface area contributed by atoms with E-state index >= 15 is 0 Å². The van der Waals surface area contributed by atoms with Gasteiger partial charge in [0.05, 0.1) is 25.3 Å². The molecular formula is C14H16N3O+. The highest BCUT2D eigenvalue weighted by molar-refractivity contribution is 5.51. The molecule has 4 heteroatoms. The van der Waals surface area contributed by atoms with Gasteiger partial charge in [0.1, 0.15) is 31.5 Å². The maximum absolute atomic E-state index is 5.01. The highest BCUT2D eigenvalue weighted by Crippen LogP contribution is 2.10. The Morgan fingerprint density at radius 3 is 2.61 bits per heavy atom. The lowest BCUT2D eigenvalue weighted by atomic mass is 10.3. The normalized spacial score (nSPS) is 15.6. The number of nitrogens with zero attached hydrogens (tertiary/aromatic N) is 3. The highest BCUT2D eigenvalue weighted by Gasteiger charge is 2.16. The maximum atomic E-state index is 5.01. The molecule has 1 aliphatic heterocycles. The van der Waals surface area contributed by atoms with Gasteiger partial charge >= 0.3 is 0 Å². The van der Waals surface area contributed by atoms with Crippen molar-refractivity contribution in [2.45, 2.75) is 0 Å². The summed E-state index contributed by atoms with van der Waals surface area (Å²) in [4.78, 5) is 8.29. The van der Waals surface area contributed by atoms with Crippen LogP contribution in [0, 0.1) is 0 Å². The van der Waals surface area contributed by atoms with Crippen molar-refractivity contribution < 1.29 is 9.22 Å². The number of hydrogen-bond acceptors (Lipinski definition) is 3. The average Bonchev–Trinajstić information content (AvgIpc) is 2.40. The van der Waals surface area contributed by atoms with E-state index in [9.17, 15) is 0 Å². The molecule has 0 saturated carbocycles. The third kappa shape index (κ3) is 3.70. The van der Waals surface area contributed by atoms with Gasteiger partial charge in [-0.1, -0.05) is 18.2 Å². The number of hydrogen-bond donors (Lipinski definition) is 0. The fourth-order valence-electron chi connectivity index (χ4n) is 1.50. The fourth-order valence-corrected chi connectivity index (χ4v) is 1.50. The van der Waals surface area contributed by atoms with Gasteiger partial charge in [-0.05, 0) is 12.1 Å². The molecule has 1 aliphatic rings. The number of rotatable bonds is 4. The second-order valence-corrected chi connectivity index (χ2v) is 4.21. The van der Waals surface area contributed by atoms with Crippen molar-refractivity contribution in [3.05, 3.63) is 55.3 Å². The van der Waals surface area contributed by atoms with Crippen LogP contribution in [0.15, 0.2) is 65.2 Å². The highest BCUT2D eigenvalue weighted by atomic mass is 16.5. The molecule has 1 heterocycles. The first-order valence-electron chi connectivity index (χ1n) is 5.82. The Kier molecular flexibility index (Phi) is 4.07. The lowest BCUT2D eigenvalue weighted by Gasteiger charge is -2.25. The van der Waals surface area contributed by atoms with Gasteiger partial charge in [-0.3, -0.25) is 4.48 Å². The van der Waals surface area contributed by atoms with E-state index in [0.717, 1.165) is 12.2 Å². The maximum Gasteiger partial charge on any atom is 0.144 e. The SMILES string of the molecule is C[N+]1(CCN=C=Nc2ccccc2)C=COC=C1. The van der Waals surface area contributed by atoms with Crippen LogP contribution in [-0.4, -0.2) is 30.6 Å². The number of likely N-dealkylation sites (N-methyl/N-ethyl adjacent to an activating group) is 1. The topological polar surface area (TPSA) is 34.0 Å². The van der Waals surface area contributed by atoms with Gasteiger partial charge in [-0.25, -0.2) is 4.99 Å². The molecule has 0 amide bonds. The fraction of sp³-hybridized carbons (Fsp3) is 0.214. The number of quaternary nitrogens is 1. The molecule has 0 fully saturated rings. The number of para-hydroxylation sites is 1. The molecule has 92 valence electrons. The quantitative estimate of drug-likeness (QED) is 0.590. The molecule has 1 aromatic carbocycles. The number of aliphatic imine (C=N–C) groups is 2. The Morgan fingerprint density at radius 1 is 1.17 bits per heavy atom. The van der Waals surface area contributed by atoms with Crippen LogP contribution in [0.3, 0.4) is 0 Å². The molecule has 0 aromatic heterocycles. The second-order valence-electron chi connectivity index (χ2n) is 4.21. The van der Waals surface area contributed by atoms with E-state index in [2.05, 4.69) is 23.0 Å². The van der Waals surface area contributed by atoms with E-state index in [1.165, 1.54) is 0 Å². The molecule has 0 N–H and O–H groups in total. The molecule has 0 saturated heterocycles. The van der Waals surface area contributed by atoms with Crippen LogP contribution < -0.4 is 0 Å². The van der Waals surface area contributed by atoms with Crippen molar-refractivity contribution in [2.75, 3.05) is 20.1 Å². The van der Waals surface area contributed by atoms with Crippen molar-refractivity contribution in [3.63, 3.8) is 0 Å². The molecule has 4 nitrogen and oxygen atoms in total. The van der Waals surface area contributed by atoms with E-state index in [0.29, 0.717) is 11.0 Å². The van der Waals surface area contributed by atoms with Gasteiger partial charge in [0.2, 0.25) is 0 Å². The summed E-state index contributed by atoms with van der Waals surface area (Å²) >= 11 is 0. The van der Waals surface area contributed by atoms with E-state index in [1.54, 1.807) is 12.5 Å². The minimum Gasteiger partial charge on any atom is -0.462 e. The summed E-state index contributed by atoms with van der Waals surface area (Å²) in [6.07, 6.45) is 7.32. The molecule has 0 aliphatic carbocycles. The van der Waals surface area contributed by atoms with Crippen LogP contribution in [0.5, 0.6) is 0 Å². The predicted molar refractivity (Wildman–Crippen MR) is 71.2 cm³/mol. The predicted octanol–water partition coefficient (Wildman–Crippen LogP) is 2.91. The molecular weight excluding hydrogens is 226 g/mol. The Bertz CT molecular complexity index is 487. The number of ether oxygens (including phenoxy) is 1. The van der Waals surface area contributed by atoms with Crippen molar-refractivity contribution in [2.24, 2.45) is 9.98 Å². The monoisotopic (exact) mass is 242 g/mol. The molecule has 0 bridgehead atoms. The van der Waals surface area contributed by atoms with Crippen molar-refractivity contribution in [3.8, 4) is 0 Å². The van der Waals surface area contributed by atoms with E-state index < -0.39 is 0 Å². The lowest BCUT2D eigenvalue weighted by Crippen LogP contribution is -2.35. The molecule has 0 unspecified atom stereocenters. The van der Waals surface area contributed by atoms with Gasteiger partial charge < -0.3 is 4.74 Å².